The largest absolute Gasteiger partial charge is 0.338 e. The third-order valence-corrected chi connectivity index (χ3v) is 6.37. The van der Waals surface area contributed by atoms with E-state index in [1.165, 1.54) is 50.6 Å². The number of unbranched alkanes of at least 4 members (excludes halogenated alkanes) is 1. The molecule has 5 nitrogen and oxygen atoms in total. The van der Waals surface area contributed by atoms with Gasteiger partial charge in [-0.15, -0.1) is 0 Å². The van der Waals surface area contributed by atoms with Crippen LogP contribution >= 0.6 is 0 Å². The summed E-state index contributed by atoms with van der Waals surface area (Å²) >= 11 is 0. The maximum Gasteiger partial charge on any atom is 0.315 e. The molecule has 0 bridgehead atoms. The van der Waals surface area contributed by atoms with Gasteiger partial charge in [-0.05, 0) is 63.7 Å². The quantitative estimate of drug-likeness (QED) is 0.531. The fourth-order valence-electron chi connectivity index (χ4n) is 4.84. The van der Waals surface area contributed by atoms with Crippen molar-refractivity contribution in [1.82, 2.24) is 15.5 Å². The molecule has 1 atom stereocenters. The van der Waals surface area contributed by atoms with Gasteiger partial charge in [-0.1, -0.05) is 31.8 Å². The van der Waals surface area contributed by atoms with Crippen molar-refractivity contribution >= 4 is 11.9 Å². The molecule has 2 aliphatic carbocycles. The first-order chi connectivity index (χ1) is 13.2. The van der Waals surface area contributed by atoms with Gasteiger partial charge in [0.25, 0.3) is 0 Å². The third-order valence-electron chi connectivity index (χ3n) is 6.37. The Morgan fingerprint density at radius 2 is 1.74 bits per heavy atom. The van der Waals surface area contributed by atoms with E-state index in [2.05, 4.69) is 21.6 Å². The van der Waals surface area contributed by atoms with Crippen molar-refractivity contribution in [3.63, 3.8) is 0 Å². The van der Waals surface area contributed by atoms with Crippen molar-refractivity contribution in [3.05, 3.63) is 11.8 Å². The Morgan fingerprint density at radius 1 is 0.963 bits per heavy atom. The van der Waals surface area contributed by atoms with E-state index in [1.54, 1.807) is 0 Å². The second-order valence-electron chi connectivity index (χ2n) is 8.49. The Kier molecular flexibility index (Phi) is 8.03. The summed E-state index contributed by atoms with van der Waals surface area (Å²) in [6, 6.07) is 0.296. The normalized spacial score (nSPS) is 23.8. The average molecular weight is 376 g/mol. The van der Waals surface area contributed by atoms with Gasteiger partial charge in [0.2, 0.25) is 5.91 Å². The molecule has 3 amide bonds. The molecule has 1 heterocycles. The number of nitrogens with zero attached hydrogens (tertiary/aromatic N) is 1. The highest BCUT2D eigenvalue weighted by Gasteiger charge is 2.29. The van der Waals surface area contributed by atoms with Crippen LogP contribution in [0.3, 0.4) is 0 Å². The van der Waals surface area contributed by atoms with Crippen LogP contribution in [-0.4, -0.2) is 36.0 Å². The van der Waals surface area contributed by atoms with Crippen LogP contribution in [0.4, 0.5) is 4.79 Å². The lowest BCUT2D eigenvalue weighted by Gasteiger charge is -2.38. The molecule has 0 spiro atoms. The zero-order valence-electron chi connectivity index (χ0n) is 16.8. The zero-order chi connectivity index (χ0) is 18.9. The molecule has 5 heteroatoms. The van der Waals surface area contributed by atoms with Crippen LogP contribution in [0, 0.1) is 5.92 Å². The third kappa shape index (κ3) is 6.25. The van der Waals surface area contributed by atoms with Crippen LogP contribution in [0.15, 0.2) is 11.8 Å². The number of carbonyl (C=O) groups is 2. The first kappa shape index (κ1) is 20.2. The molecule has 3 aliphatic rings. The molecule has 0 aromatic rings. The monoisotopic (exact) mass is 375 g/mol. The van der Waals surface area contributed by atoms with Crippen LogP contribution in [0.1, 0.15) is 89.9 Å². The molecule has 27 heavy (non-hydrogen) atoms. The molecular weight excluding hydrogens is 338 g/mol. The predicted octanol–water partition coefficient (Wildman–Crippen LogP) is 4.49. The molecular formula is C22H37N3O2. The van der Waals surface area contributed by atoms with Crippen molar-refractivity contribution in [2.24, 2.45) is 5.92 Å². The number of piperidine rings is 1. The molecule has 0 radical (unpaired) electrons. The van der Waals surface area contributed by atoms with E-state index in [1.807, 2.05) is 0 Å². The Hall–Kier alpha value is -1.52. The van der Waals surface area contributed by atoms with Crippen LogP contribution in [0.5, 0.6) is 0 Å². The molecule has 2 N–H and O–H groups in total. The minimum absolute atomic E-state index is 0.0422. The molecule has 3 rings (SSSR count). The van der Waals surface area contributed by atoms with Crippen molar-refractivity contribution < 1.29 is 9.59 Å². The Morgan fingerprint density at radius 3 is 2.56 bits per heavy atom. The molecule has 0 aromatic carbocycles. The minimum atomic E-state index is -0.0422. The lowest BCUT2D eigenvalue weighted by Crippen LogP contribution is -2.42. The smallest absolute Gasteiger partial charge is 0.315 e. The second kappa shape index (κ2) is 10.7. The first-order valence-electron chi connectivity index (χ1n) is 11.3. The van der Waals surface area contributed by atoms with Crippen molar-refractivity contribution in [2.75, 3.05) is 13.1 Å². The van der Waals surface area contributed by atoms with Gasteiger partial charge in [-0.25, -0.2) is 4.79 Å². The summed E-state index contributed by atoms with van der Waals surface area (Å²) in [5.41, 5.74) is 1.30. The van der Waals surface area contributed by atoms with Gasteiger partial charge in [0.05, 0.1) is 0 Å². The van der Waals surface area contributed by atoms with Crippen LogP contribution in [-0.2, 0) is 4.79 Å². The number of amides is 3. The molecule has 2 fully saturated rings. The van der Waals surface area contributed by atoms with Gasteiger partial charge in [-0.2, -0.15) is 0 Å². The maximum absolute atomic E-state index is 12.6. The lowest BCUT2D eigenvalue weighted by atomic mass is 9.85. The highest BCUT2D eigenvalue weighted by molar-refractivity contribution is 5.78. The molecule has 1 aliphatic heterocycles. The highest BCUT2D eigenvalue weighted by Crippen LogP contribution is 2.35. The van der Waals surface area contributed by atoms with Gasteiger partial charge >= 0.3 is 6.03 Å². The van der Waals surface area contributed by atoms with E-state index in [9.17, 15) is 9.59 Å². The number of allylic oxidation sites excluding steroid dienone is 2. The van der Waals surface area contributed by atoms with E-state index in [4.69, 9.17) is 0 Å². The number of hydrogen-bond acceptors (Lipinski definition) is 2. The minimum Gasteiger partial charge on any atom is -0.338 e. The van der Waals surface area contributed by atoms with Crippen molar-refractivity contribution in [3.8, 4) is 0 Å². The number of likely N-dealkylation sites (tertiary alicyclic amines) is 1. The summed E-state index contributed by atoms with van der Waals surface area (Å²) in [5, 5.41) is 6.07. The molecule has 0 aromatic heterocycles. The molecule has 152 valence electrons. The van der Waals surface area contributed by atoms with Gasteiger partial charge in [0.1, 0.15) is 0 Å². The summed E-state index contributed by atoms with van der Waals surface area (Å²) in [6.45, 7) is 1.54. The average Bonchev–Trinajstić information content (AvgIpc) is 2.95. The number of urea groups is 1. The van der Waals surface area contributed by atoms with Crippen LogP contribution in [0.25, 0.3) is 0 Å². The Balaban J connectivity index is 1.30. The van der Waals surface area contributed by atoms with Gasteiger partial charge in [0, 0.05) is 31.2 Å². The van der Waals surface area contributed by atoms with E-state index in [-0.39, 0.29) is 11.9 Å². The van der Waals surface area contributed by atoms with E-state index < -0.39 is 0 Å². The Bertz CT molecular complexity index is 524. The highest BCUT2D eigenvalue weighted by atomic mass is 16.2. The van der Waals surface area contributed by atoms with Gasteiger partial charge < -0.3 is 15.5 Å². The maximum atomic E-state index is 12.6. The number of rotatable bonds is 6. The van der Waals surface area contributed by atoms with Crippen molar-refractivity contribution in [2.45, 2.75) is 95.9 Å². The SMILES string of the molecule is O=C(NCCCCC(=O)N1CCCC2CCCC=C21)NC1CCCCCC1. The first-order valence-corrected chi connectivity index (χ1v) is 11.3. The molecule has 1 saturated heterocycles. The summed E-state index contributed by atoms with van der Waals surface area (Å²) < 4.78 is 0. The van der Waals surface area contributed by atoms with Crippen LogP contribution < -0.4 is 10.6 Å². The van der Waals surface area contributed by atoms with Gasteiger partial charge in [-0.3, -0.25) is 4.79 Å². The van der Waals surface area contributed by atoms with Crippen LogP contribution in [0.2, 0.25) is 0 Å². The van der Waals surface area contributed by atoms with E-state index >= 15 is 0 Å². The number of nitrogens with one attached hydrogen (secondary N) is 2. The number of fused-ring (bicyclic) bond motifs is 1. The van der Waals surface area contributed by atoms with E-state index in [0.717, 1.165) is 45.1 Å². The second-order valence-corrected chi connectivity index (χ2v) is 8.49. The van der Waals surface area contributed by atoms with E-state index in [0.29, 0.717) is 24.9 Å². The topological polar surface area (TPSA) is 61.4 Å². The van der Waals surface area contributed by atoms with Gasteiger partial charge in [0.15, 0.2) is 0 Å². The summed E-state index contributed by atoms with van der Waals surface area (Å²) in [4.78, 5) is 26.7. The summed E-state index contributed by atoms with van der Waals surface area (Å²) in [6.07, 6.45) is 17.9. The number of hydrogen-bond donors (Lipinski definition) is 2. The molecule has 1 unspecified atom stereocenters. The van der Waals surface area contributed by atoms with Crippen molar-refractivity contribution in [1.29, 1.82) is 0 Å². The molecule has 1 saturated carbocycles. The lowest BCUT2D eigenvalue weighted by molar-refractivity contribution is -0.130. The number of carbonyl (C=O) groups excluding carboxylic acids is 2. The zero-order valence-corrected chi connectivity index (χ0v) is 16.8. The fraction of sp³-hybridized carbons (Fsp3) is 0.818. The predicted molar refractivity (Wildman–Crippen MR) is 108 cm³/mol. The Labute approximate surface area is 164 Å². The fourth-order valence-corrected chi connectivity index (χ4v) is 4.84. The standard InChI is InChI=1S/C22H37N3O2/c26-21(25-17-9-11-18-10-5-6-14-20(18)25)15-7-8-16-23-22(27)24-19-12-3-1-2-4-13-19/h14,18-19H,1-13,15-17H2,(H2,23,24,27). The summed E-state index contributed by atoms with van der Waals surface area (Å²) in [7, 11) is 0. The summed E-state index contributed by atoms with van der Waals surface area (Å²) in [5.74, 6) is 0.890.